The first-order valence-electron chi connectivity index (χ1n) is 7.05. The number of rotatable bonds is 5. The van der Waals surface area contributed by atoms with Gasteiger partial charge in [-0.05, 0) is 41.9 Å². The van der Waals surface area contributed by atoms with Gasteiger partial charge in [-0.3, -0.25) is 19.3 Å². The minimum atomic E-state index is -1.06. The number of halogens is 1. The fourth-order valence-corrected chi connectivity index (χ4v) is 2.42. The Hall–Kier alpha value is -2.42. The predicted octanol–water partition coefficient (Wildman–Crippen LogP) is 1.26. The second kappa shape index (κ2) is 7.00. The smallest absolute Gasteiger partial charge is 0.326 e. The number of benzene rings is 1. The maximum absolute atomic E-state index is 11.9. The molecule has 2 rings (SSSR count). The molecule has 9 heteroatoms. The minimum Gasteiger partial charge on any atom is -0.454 e. The maximum Gasteiger partial charge on any atom is 0.326 e. The van der Waals surface area contributed by atoms with Crippen LogP contribution in [0.1, 0.15) is 13.8 Å². The average Bonchev–Trinajstić information content (AvgIpc) is 2.69. The molecule has 0 saturated carbocycles. The van der Waals surface area contributed by atoms with Crippen molar-refractivity contribution in [3.8, 4) is 0 Å². The Morgan fingerprint density at radius 2 is 1.96 bits per heavy atom. The van der Waals surface area contributed by atoms with E-state index in [4.69, 9.17) is 4.74 Å². The molecule has 1 heterocycles. The molecule has 1 aliphatic rings. The lowest BCUT2D eigenvalue weighted by atomic mass is 10.1. The summed E-state index contributed by atoms with van der Waals surface area (Å²) >= 11 is 3.28. The normalized spacial score (nSPS) is 15.9. The molecule has 24 heavy (non-hydrogen) atoms. The number of para-hydroxylation sites is 1. The summed E-state index contributed by atoms with van der Waals surface area (Å²) in [5.41, 5.74) is -0.525. The third-order valence-corrected chi connectivity index (χ3v) is 3.94. The zero-order valence-electron chi connectivity index (χ0n) is 13.1. The van der Waals surface area contributed by atoms with E-state index in [0.717, 1.165) is 4.90 Å². The Labute approximate surface area is 146 Å². The van der Waals surface area contributed by atoms with Gasteiger partial charge in [0, 0.05) is 4.47 Å². The summed E-state index contributed by atoms with van der Waals surface area (Å²) in [4.78, 5) is 47.9. The molecule has 8 nitrogen and oxygen atoms in total. The molecule has 0 spiro atoms. The van der Waals surface area contributed by atoms with E-state index < -0.39 is 42.5 Å². The molecule has 2 N–H and O–H groups in total. The molecule has 0 unspecified atom stereocenters. The quantitative estimate of drug-likeness (QED) is 0.574. The number of esters is 1. The molecule has 128 valence electrons. The first kappa shape index (κ1) is 17.9. The van der Waals surface area contributed by atoms with Crippen molar-refractivity contribution >= 4 is 45.4 Å². The van der Waals surface area contributed by atoms with Crippen LogP contribution in [-0.2, 0) is 19.1 Å². The van der Waals surface area contributed by atoms with Crippen LogP contribution in [0.2, 0.25) is 0 Å². The van der Waals surface area contributed by atoms with Gasteiger partial charge < -0.3 is 15.4 Å². The van der Waals surface area contributed by atoms with Gasteiger partial charge in [-0.1, -0.05) is 12.1 Å². The van der Waals surface area contributed by atoms with E-state index in [9.17, 15) is 19.2 Å². The molecular formula is C15H16BrN3O5. The van der Waals surface area contributed by atoms with Crippen molar-refractivity contribution in [1.82, 2.24) is 10.2 Å². The first-order valence-corrected chi connectivity index (χ1v) is 7.84. The molecule has 4 amide bonds. The number of hydrogen-bond acceptors (Lipinski definition) is 5. The van der Waals surface area contributed by atoms with Gasteiger partial charge in [0.05, 0.1) is 5.69 Å². The highest BCUT2D eigenvalue weighted by molar-refractivity contribution is 9.10. The molecule has 0 aromatic heterocycles. The maximum atomic E-state index is 11.9. The topological polar surface area (TPSA) is 105 Å². The summed E-state index contributed by atoms with van der Waals surface area (Å²) < 4.78 is 5.49. The van der Waals surface area contributed by atoms with Gasteiger partial charge in [0.25, 0.3) is 11.8 Å². The van der Waals surface area contributed by atoms with E-state index in [-0.39, 0.29) is 0 Å². The highest BCUT2D eigenvalue weighted by Gasteiger charge is 2.45. The summed E-state index contributed by atoms with van der Waals surface area (Å²) in [5.74, 6) is -1.91. The van der Waals surface area contributed by atoms with Crippen molar-refractivity contribution in [3.63, 3.8) is 0 Å². The van der Waals surface area contributed by atoms with E-state index in [1.165, 1.54) is 13.8 Å². The highest BCUT2D eigenvalue weighted by Crippen LogP contribution is 2.21. The second-order valence-corrected chi connectivity index (χ2v) is 6.49. The van der Waals surface area contributed by atoms with Gasteiger partial charge >= 0.3 is 12.0 Å². The lowest BCUT2D eigenvalue weighted by Gasteiger charge is -2.15. The number of urea groups is 1. The van der Waals surface area contributed by atoms with E-state index >= 15 is 0 Å². The summed E-state index contributed by atoms with van der Waals surface area (Å²) in [6.07, 6.45) is 0. The molecular weight excluding hydrogens is 382 g/mol. The summed E-state index contributed by atoms with van der Waals surface area (Å²) in [7, 11) is 0. The van der Waals surface area contributed by atoms with Gasteiger partial charge in [-0.15, -0.1) is 0 Å². The Morgan fingerprint density at radius 3 is 2.54 bits per heavy atom. The molecule has 0 bridgehead atoms. The molecule has 1 aliphatic heterocycles. The molecule has 0 aliphatic carbocycles. The number of imide groups is 1. The van der Waals surface area contributed by atoms with E-state index in [1.54, 1.807) is 24.3 Å². The lowest BCUT2D eigenvalue weighted by molar-refractivity contribution is -0.150. The molecule has 1 saturated heterocycles. The summed E-state index contributed by atoms with van der Waals surface area (Å²) in [6, 6.07) is 6.30. The van der Waals surface area contributed by atoms with Crippen LogP contribution in [-0.4, -0.2) is 47.4 Å². The van der Waals surface area contributed by atoms with Gasteiger partial charge in [0.2, 0.25) is 0 Å². The molecule has 1 aromatic rings. The second-order valence-electron chi connectivity index (χ2n) is 5.64. The Bertz CT molecular complexity index is 704. The predicted molar refractivity (Wildman–Crippen MR) is 88.1 cm³/mol. The summed E-state index contributed by atoms with van der Waals surface area (Å²) in [6.45, 7) is 2.00. The molecule has 0 atom stereocenters. The Morgan fingerprint density at radius 1 is 1.29 bits per heavy atom. The number of ether oxygens (including phenoxy) is 1. The van der Waals surface area contributed by atoms with Crippen LogP contribution in [0.5, 0.6) is 0 Å². The van der Waals surface area contributed by atoms with Crippen LogP contribution in [0.4, 0.5) is 10.5 Å². The third-order valence-electron chi connectivity index (χ3n) is 3.24. The number of nitrogens with zero attached hydrogens (tertiary/aromatic N) is 1. The minimum absolute atomic E-state index is 0.521. The van der Waals surface area contributed by atoms with Crippen LogP contribution < -0.4 is 10.6 Å². The van der Waals surface area contributed by atoms with Crippen molar-refractivity contribution < 1.29 is 23.9 Å². The van der Waals surface area contributed by atoms with Gasteiger partial charge in [-0.2, -0.15) is 0 Å². The van der Waals surface area contributed by atoms with Gasteiger partial charge in [0.15, 0.2) is 6.61 Å². The van der Waals surface area contributed by atoms with E-state index in [2.05, 4.69) is 26.6 Å². The van der Waals surface area contributed by atoms with Gasteiger partial charge in [-0.25, -0.2) is 4.79 Å². The van der Waals surface area contributed by atoms with Crippen LogP contribution in [0, 0.1) is 0 Å². The van der Waals surface area contributed by atoms with Crippen molar-refractivity contribution in [1.29, 1.82) is 0 Å². The molecule has 1 aromatic carbocycles. The van der Waals surface area contributed by atoms with E-state index in [1.807, 2.05) is 0 Å². The third kappa shape index (κ3) is 4.10. The number of nitrogens with one attached hydrogen (secondary N) is 2. The average molecular weight is 398 g/mol. The monoisotopic (exact) mass is 397 g/mol. The van der Waals surface area contributed by atoms with Crippen molar-refractivity contribution in [2.45, 2.75) is 19.4 Å². The number of amides is 4. The van der Waals surface area contributed by atoms with Crippen molar-refractivity contribution in [2.75, 3.05) is 18.5 Å². The number of carbonyl (C=O) groups excluding carboxylic acids is 4. The molecule has 1 fully saturated rings. The Balaban J connectivity index is 1.83. The van der Waals surface area contributed by atoms with Crippen LogP contribution in [0.15, 0.2) is 28.7 Å². The van der Waals surface area contributed by atoms with Crippen LogP contribution >= 0.6 is 15.9 Å². The van der Waals surface area contributed by atoms with Crippen molar-refractivity contribution in [3.05, 3.63) is 28.7 Å². The first-order chi connectivity index (χ1) is 11.2. The standard InChI is InChI=1S/C15H16BrN3O5/c1-15(2)13(22)19(14(23)18-15)7-12(21)24-8-11(20)17-10-6-4-3-5-9(10)16/h3-6H,7-8H2,1-2H3,(H,17,20)(H,18,23). The van der Waals surface area contributed by atoms with Crippen molar-refractivity contribution in [2.24, 2.45) is 0 Å². The summed E-state index contributed by atoms with van der Waals surface area (Å²) in [5, 5.41) is 5.01. The van der Waals surface area contributed by atoms with E-state index in [0.29, 0.717) is 10.2 Å². The zero-order chi connectivity index (χ0) is 17.9. The Kier molecular flexibility index (Phi) is 5.23. The zero-order valence-corrected chi connectivity index (χ0v) is 14.7. The number of anilines is 1. The highest BCUT2D eigenvalue weighted by atomic mass is 79.9. The van der Waals surface area contributed by atoms with Crippen LogP contribution in [0.25, 0.3) is 0 Å². The molecule has 0 radical (unpaired) electrons. The number of carbonyl (C=O) groups is 4. The largest absolute Gasteiger partial charge is 0.454 e. The fraction of sp³-hybridized carbons (Fsp3) is 0.333. The van der Waals surface area contributed by atoms with Crippen LogP contribution in [0.3, 0.4) is 0 Å². The number of hydrogen-bond donors (Lipinski definition) is 2. The van der Waals surface area contributed by atoms with Gasteiger partial charge in [0.1, 0.15) is 12.1 Å². The lowest BCUT2D eigenvalue weighted by Crippen LogP contribution is -2.41. The fourth-order valence-electron chi connectivity index (χ4n) is 2.03. The SMILES string of the molecule is CC1(C)NC(=O)N(CC(=O)OCC(=O)Nc2ccccc2Br)C1=O.